The molecule has 4 unspecified atom stereocenters. The third-order valence-electron chi connectivity index (χ3n) is 3.07. The molecule has 2 fully saturated rings. The summed E-state index contributed by atoms with van der Waals surface area (Å²) in [5.41, 5.74) is 5.79. The monoisotopic (exact) mass is 125 g/mol. The summed E-state index contributed by atoms with van der Waals surface area (Å²) in [4.78, 5) is 0. The highest BCUT2D eigenvalue weighted by molar-refractivity contribution is 5.12. The van der Waals surface area contributed by atoms with Crippen molar-refractivity contribution in [2.45, 2.75) is 32.2 Å². The van der Waals surface area contributed by atoms with Gasteiger partial charge in [-0.05, 0) is 24.2 Å². The van der Waals surface area contributed by atoms with E-state index < -0.39 is 0 Å². The van der Waals surface area contributed by atoms with Gasteiger partial charge in [-0.15, -0.1) is 0 Å². The van der Waals surface area contributed by atoms with Crippen molar-refractivity contribution in [2.75, 3.05) is 0 Å². The molecule has 0 spiro atoms. The van der Waals surface area contributed by atoms with Crippen LogP contribution in [-0.2, 0) is 0 Å². The van der Waals surface area contributed by atoms with Crippen LogP contribution in [0.15, 0.2) is 0 Å². The minimum absolute atomic E-state index is 0.613. The maximum absolute atomic E-state index is 5.79. The van der Waals surface area contributed by atoms with Gasteiger partial charge in [-0.3, -0.25) is 0 Å². The van der Waals surface area contributed by atoms with Gasteiger partial charge in [0.1, 0.15) is 0 Å². The van der Waals surface area contributed by atoms with Crippen LogP contribution in [0.1, 0.15) is 26.2 Å². The highest BCUT2D eigenvalue weighted by Gasteiger charge is 2.60. The Morgan fingerprint density at radius 2 is 2.33 bits per heavy atom. The fourth-order valence-corrected chi connectivity index (χ4v) is 2.40. The van der Waals surface area contributed by atoms with Crippen molar-refractivity contribution in [3.63, 3.8) is 0 Å². The Labute approximate surface area is 56.6 Å². The maximum atomic E-state index is 5.79. The Bertz CT molecular complexity index is 116. The van der Waals surface area contributed by atoms with E-state index >= 15 is 0 Å². The molecule has 2 aliphatic carbocycles. The highest BCUT2D eigenvalue weighted by atomic mass is 14.8. The van der Waals surface area contributed by atoms with E-state index in [0.717, 1.165) is 17.8 Å². The Morgan fingerprint density at radius 3 is 2.67 bits per heavy atom. The zero-order valence-corrected chi connectivity index (χ0v) is 6.01. The zero-order valence-electron chi connectivity index (χ0n) is 6.01. The number of hydrogen-bond acceptors (Lipinski definition) is 1. The molecule has 0 aromatic rings. The maximum Gasteiger partial charge on any atom is 0.0105 e. The molecule has 9 heavy (non-hydrogen) atoms. The van der Waals surface area contributed by atoms with Crippen molar-refractivity contribution >= 4 is 0 Å². The van der Waals surface area contributed by atoms with Crippen molar-refractivity contribution < 1.29 is 0 Å². The van der Waals surface area contributed by atoms with Gasteiger partial charge in [0.25, 0.3) is 0 Å². The lowest BCUT2D eigenvalue weighted by molar-refractivity contribution is 0.268. The van der Waals surface area contributed by atoms with Gasteiger partial charge in [0.15, 0.2) is 0 Å². The first-order chi connectivity index (χ1) is 4.34. The molecule has 1 heteroatoms. The second-order valence-corrected chi connectivity index (χ2v) is 3.60. The van der Waals surface area contributed by atoms with Gasteiger partial charge in [-0.1, -0.05) is 19.8 Å². The molecule has 0 aromatic heterocycles. The molecule has 2 rings (SSSR count). The highest BCUT2D eigenvalue weighted by Crippen LogP contribution is 2.59. The topological polar surface area (TPSA) is 26.0 Å². The van der Waals surface area contributed by atoms with E-state index in [0.29, 0.717) is 6.04 Å². The largest absolute Gasteiger partial charge is 0.327 e. The van der Waals surface area contributed by atoms with Gasteiger partial charge < -0.3 is 5.73 Å². The molecule has 0 radical (unpaired) electrons. The fourth-order valence-electron chi connectivity index (χ4n) is 2.40. The van der Waals surface area contributed by atoms with Crippen LogP contribution in [0.25, 0.3) is 0 Å². The smallest absolute Gasteiger partial charge is 0.0105 e. The quantitative estimate of drug-likeness (QED) is 0.593. The van der Waals surface area contributed by atoms with Crippen LogP contribution in [0.5, 0.6) is 0 Å². The summed E-state index contributed by atoms with van der Waals surface area (Å²) in [7, 11) is 0. The third-order valence-corrected chi connectivity index (χ3v) is 3.07. The number of hydrogen-bond donors (Lipinski definition) is 1. The molecule has 2 saturated carbocycles. The summed E-state index contributed by atoms with van der Waals surface area (Å²) < 4.78 is 0. The molecule has 0 aromatic carbocycles. The first-order valence-electron chi connectivity index (χ1n) is 4.10. The summed E-state index contributed by atoms with van der Waals surface area (Å²) in [5.74, 6) is 2.95. The second-order valence-electron chi connectivity index (χ2n) is 3.60. The molecule has 4 atom stereocenters. The summed E-state index contributed by atoms with van der Waals surface area (Å²) in [6.45, 7) is 2.27. The van der Waals surface area contributed by atoms with Crippen LogP contribution >= 0.6 is 0 Å². The van der Waals surface area contributed by atoms with Crippen LogP contribution in [-0.4, -0.2) is 6.04 Å². The third kappa shape index (κ3) is 0.644. The average molecular weight is 125 g/mol. The molecule has 1 nitrogen and oxygen atoms in total. The predicted octanol–water partition coefficient (Wildman–Crippen LogP) is 1.38. The molecule has 2 aliphatic rings. The van der Waals surface area contributed by atoms with Gasteiger partial charge in [-0.2, -0.15) is 0 Å². The van der Waals surface area contributed by atoms with E-state index in [4.69, 9.17) is 5.73 Å². The minimum Gasteiger partial charge on any atom is -0.327 e. The Balaban J connectivity index is 1.80. The number of fused-ring (bicyclic) bond motifs is 1. The lowest BCUT2D eigenvalue weighted by Gasteiger charge is -2.22. The van der Waals surface area contributed by atoms with Crippen molar-refractivity contribution in [1.82, 2.24) is 0 Å². The van der Waals surface area contributed by atoms with E-state index in [-0.39, 0.29) is 0 Å². The van der Waals surface area contributed by atoms with Crippen molar-refractivity contribution in [2.24, 2.45) is 23.5 Å². The van der Waals surface area contributed by atoms with E-state index in [1.807, 2.05) is 0 Å². The molecule has 0 amide bonds. The average Bonchev–Trinajstić information content (AvgIpc) is 2.27. The molecule has 2 N–H and O–H groups in total. The lowest BCUT2D eigenvalue weighted by atomic mass is 9.82. The van der Waals surface area contributed by atoms with Crippen LogP contribution in [0.4, 0.5) is 0 Å². The Hall–Kier alpha value is -0.0400. The standard InChI is InChI=1S/C8H15N/c1-2-3-5-4-6-7(5)8(6)9/h5-8H,2-4,9H2,1H3. The Kier molecular flexibility index (Phi) is 1.10. The van der Waals surface area contributed by atoms with E-state index in [1.165, 1.54) is 19.3 Å². The zero-order chi connectivity index (χ0) is 6.43. The van der Waals surface area contributed by atoms with Crippen molar-refractivity contribution in [3.05, 3.63) is 0 Å². The molecule has 52 valence electrons. The van der Waals surface area contributed by atoms with Crippen molar-refractivity contribution in [1.29, 1.82) is 0 Å². The van der Waals surface area contributed by atoms with Crippen molar-refractivity contribution in [3.8, 4) is 0 Å². The summed E-state index contributed by atoms with van der Waals surface area (Å²) in [5, 5.41) is 0. The van der Waals surface area contributed by atoms with E-state index in [9.17, 15) is 0 Å². The summed E-state index contributed by atoms with van der Waals surface area (Å²) >= 11 is 0. The van der Waals surface area contributed by atoms with Gasteiger partial charge in [0.05, 0.1) is 0 Å². The van der Waals surface area contributed by atoms with E-state index in [1.54, 1.807) is 0 Å². The van der Waals surface area contributed by atoms with E-state index in [2.05, 4.69) is 6.92 Å². The normalized spacial score (nSPS) is 54.0. The predicted molar refractivity (Wildman–Crippen MR) is 38.0 cm³/mol. The molecule has 0 aliphatic heterocycles. The first-order valence-corrected chi connectivity index (χ1v) is 4.10. The molecular weight excluding hydrogens is 110 g/mol. The summed E-state index contributed by atoms with van der Waals surface area (Å²) in [6.07, 6.45) is 4.22. The first kappa shape index (κ1) is 5.72. The van der Waals surface area contributed by atoms with Gasteiger partial charge in [0.2, 0.25) is 0 Å². The number of nitrogens with two attached hydrogens (primary N) is 1. The van der Waals surface area contributed by atoms with Crippen LogP contribution < -0.4 is 5.73 Å². The Morgan fingerprint density at radius 1 is 1.56 bits per heavy atom. The molecule has 0 saturated heterocycles. The van der Waals surface area contributed by atoms with Gasteiger partial charge in [-0.25, -0.2) is 0 Å². The van der Waals surface area contributed by atoms with Gasteiger partial charge in [0, 0.05) is 6.04 Å². The summed E-state index contributed by atoms with van der Waals surface area (Å²) in [6, 6.07) is 0.613. The molecule has 0 heterocycles. The van der Waals surface area contributed by atoms with Gasteiger partial charge >= 0.3 is 0 Å². The molecular formula is C8H15N. The number of rotatable bonds is 2. The lowest BCUT2D eigenvalue weighted by Crippen LogP contribution is -2.14. The molecule has 0 bridgehead atoms. The second kappa shape index (κ2) is 1.72. The van der Waals surface area contributed by atoms with Crippen LogP contribution in [0, 0.1) is 17.8 Å². The van der Waals surface area contributed by atoms with Crippen LogP contribution in [0.2, 0.25) is 0 Å². The SMILES string of the molecule is CCCC1CC2C(N)C12. The fraction of sp³-hybridized carbons (Fsp3) is 1.00. The minimum atomic E-state index is 0.613. The van der Waals surface area contributed by atoms with Crippen LogP contribution in [0.3, 0.4) is 0 Å².